The summed E-state index contributed by atoms with van der Waals surface area (Å²) in [4.78, 5) is 33.7. The summed E-state index contributed by atoms with van der Waals surface area (Å²) in [6.45, 7) is 1.68. The molecular formula is C16H13ClN4O5. The van der Waals surface area contributed by atoms with Crippen LogP contribution in [0.3, 0.4) is 0 Å². The number of amides is 2. The fourth-order valence-corrected chi connectivity index (χ4v) is 2.07. The summed E-state index contributed by atoms with van der Waals surface area (Å²) in [5.41, 5.74) is 2.68. The molecule has 9 nitrogen and oxygen atoms in total. The van der Waals surface area contributed by atoms with Crippen molar-refractivity contribution in [2.75, 3.05) is 5.32 Å². The van der Waals surface area contributed by atoms with Gasteiger partial charge in [-0.05, 0) is 30.7 Å². The van der Waals surface area contributed by atoms with E-state index >= 15 is 0 Å². The van der Waals surface area contributed by atoms with Gasteiger partial charge in [0.05, 0.1) is 11.1 Å². The van der Waals surface area contributed by atoms with Crippen molar-refractivity contribution >= 4 is 41.0 Å². The molecule has 0 unspecified atom stereocenters. The Kier molecular flexibility index (Phi) is 5.86. The van der Waals surface area contributed by atoms with Crippen LogP contribution in [-0.2, 0) is 9.59 Å². The summed E-state index contributed by atoms with van der Waals surface area (Å²) in [6, 6.07) is 8.15. The lowest BCUT2D eigenvalue weighted by Crippen LogP contribution is -2.32. The number of hydrazone groups is 1. The lowest BCUT2D eigenvalue weighted by atomic mass is 10.2. The van der Waals surface area contributed by atoms with Crippen molar-refractivity contribution in [3.63, 3.8) is 0 Å². The Bertz CT molecular complexity index is 914. The molecule has 2 amide bonds. The van der Waals surface area contributed by atoms with Crippen LogP contribution in [0.15, 0.2) is 41.5 Å². The van der Waals surface area contributed by atoms with Crippen molar-refractivity contribution in [2.45, 2.75) is 6.92 Å². The predicted octanol–water partition coefficient (Wildman–Crippen LogP) is 2.35. The molecule has 0 atom stereocenters. The number of rotatable bonds is 4. The summed E-state index contributed by atoms with van der Waals surface area (Å²) in [5.74, 6) is -2.31. The minimum atomic E-state index is -1.06. The number of phenolic OH excluding ortho intramolecular Hbond substituents is 1. The fourth-order valence-electron chi connectivity index (χ4n) is 1.89. The number of benzene rings is 2. The first kappa shape index (κ1) is 18.9. The van der Waals surface area contributed by atoms with E-state index in [1.165, 1.54) is 0 Å². The summed E-state index contributed by atoms with van der Waals surface area (Å²) in [7, 11) is 0. The monoisotopic (exact) mass is 376 g/mol. The van der Waals surface area contributed by atoms with E-state index in [1.54, 1.807) is 25.1 Å². The van der Waals surface area contributed by atoms with E-state index in [0.717, 1.165) is 24.4 Å². The highest BCUT2D eigenvalue weighted by Gasteiger charge is 2.15. The molecule has 0 spiro atoms. The zero-order chi connectivity index (χ0) is 19.3. The minimum absolute atomic E-state index is 0.00518. The molecule has 0 aliphatic heterocycles. The van der Waals surface area contributed by atoms with Crippen LogP contribution in [0.25, 0.3) is 0 Å². The predicted molar refractivity (Wildman–Crippen MR) is 95.3 cm³/mol. The van der Waals surface area contributed by atoms with E-state index in [1.807, 2.05) is 5.43 Å². The van der Waals surface area contributed by atoms with Gasteiger partial charge < -0.3 is 10.4 Å². The largest absolute Gasteiger partial charge is 0.507 e. The molecule has 26 heavy (non-hydrogen) atoms. The maximum Gasteiger partial charge on any atom is 0.329 e. The molecule has 2 aromatic rings. The topological polar surface area (TPSA) is 134 Å². The smallest absolute Gasteiger partial charge is 0.329 e. The van der Waals surface area contributed by atoms with Gasteiger partial charge in [0.1, 0.15) is 5.75 Å². The Morgan fingerprint density at radius 3 is 2.69 bits per heavy atom. The molecule has 0 aliphatic carbocycles. The van der Waals surface area contributed by atoms with Crippen molar-refractivity contribution < 1.29 is 19.6 Å². The van der Waals surface area contributed by atoms with E-state index in [-0.39, 0.29) is 17.0 Å². The van der Waals surface area contributed by atoms with Crippen LogP contribution in [-0.4, -0.2) is 28.1 Å². The van der Waals surface area contributed by atoms with E-state index in [2.05, 4.69) is 10.4 Å². The Morgan fingerprint density at radius 2 is 2.00 bits per heavy atom. The number of anilines is 1. The second kappa shape index (κ2) is 8.08. The van der Waals surface area contributed by atoms with Gasteiger partial charge in [0.2, 0.25) is 0 Å². The summed E-state index contributed by atoms with van der Waals surface area (Å²) < 4.78 is 0. The van der Waals surface area contributed by atoms with Crippen molar-refractivity contribution in [3.05, 3.63) is 62.7 Å². The average Bonchev–Trinajstić information content (AvgIpc) is 2.60. The molecule has 2 rings (SSSR count). The zero-order valence-corrected chi connectivity index (χ0v) is 14.1. The number of nitro groups is 1. The van der Waals surface area contributed by atoms with Crippen LogP contribution in [0, 0.1) is 17.0 Å². The molecule has 0 heterocycles. The van der Waals surface area contributed by atoms with Gasteiger partial charge in [0.15, 0.2) is 0 Å². The molecular weight excluding hydrogens is 364 g/mol. The minimum Gasteiger partial charge on any atom is -0.507 e. The molecule has 10 heteroatoms. The molecule has 0 radical (unpaired) electrons. The number of hydrogen-bond donors (Lipinski definition) is 3. The Balaban J connectivity index is 2.03. The average molecular weight is 377 g/mol. The van der Waals surface area contributed by atoms with Crippen LogP contribution >= 0.6 is 11.6 Å². The number of carbonyl (C=O) groups excluding carboxylic acids is 2. The Morgan fingerprint density at radius 1 is 1.27 bits per heavy atom. The van der Waals surface area contributed by atoms with E-state index < -0.39 is 16.7 Å². The van der Waals surface area contributed by atoms with E-state index in [9.17, 15) is 24.8 Å². The van der Waals surface area contributed by atoms with Crippen LogP contribution in [0.5, 0.6) is 5.75 Å². The number of aromatic hydroxyl groups is 1. The number of non-ortho nitro benzene ring substituents is 1. The van der Waals surface area contributed by atoms with Crippen LogP contribution in [0.2, 0.25) is 5.02 Å². The first-order chi connectivity index (χ1) is 12.3. The first-order valence-electron chi connectivity index (χ1n) is 7.16. The van der Waals surface area contributed by atoms with Crippen LogP contribution in [0.1, 0.15) is 11.1 Å². The third-order valence-corrected chi connectivity index (χ3v) is 3.72. The third-order valence-electron chi connectivity index (χ3n) is 3.31. The zero-order valence-electron chi connectivity index (χ0n) is 13.4. The number of halogens is 1. The van der Waals surface area contributed by atoms with Gasteiger partial charge in [-0.3, -0.25) is 19.7 Å². The highest BCUT2D eigenvalue weighted by Crippen LogP contribution is 2.23. The molecule has 2 aromatic carbocycles. The van der Waals surface area contributed by atoms with E-state index in [4.69, 9.17) is 11.6 Å². The second-order valence-electron chi connectivity index (χ2n) is 5.07. The van der Waals surface area contributed by atoms with Gasteiger partial charge >= 0.3 is 11.8 Å². The molecule has 0 saturated heterocycles. The van der Waals surface area contributed by atoms with Crippen molar-refractivity contribution in [2.24, 2.45) is 5.10 Å². The second-order valence-corrected chi connectivity index (χ2v) is 5.47. The Labute approximate surface area is 152 Å². The van der Waals surface area contributed by atoms with Crippen molar-refractivity contribution in [1.29, 1.82) is 0 Å². The maximum absolute atomic E-state index is 11.8. The lowest BCUT2D eigenvalue weighted by Gasteiger charge is -2.08. The first-order valence-corrected chi connectivity index (χ1v) is 7.54. The van der Waals surface area contributed by atoms with Crippen LogP contribution in [0.4, 0.5) is 11.4 Å². The fraction of sp³-hybridized carbons (Fsp3) is 0.0625. The standard InChI is InChI=1S/C16H13ClN4O5/c1-9-12(17)3-2-4-13(9)19-15(23)16(24)20-18-8-10-7-11(21(25)26)5-6-14(10)22/h2-8,22H,1H3,(H,19,23)(H,20,24)/b18-8+. The SMILES string of the molecule is Cc1c(Cl)cccc1NC(=O)C(=O)N/N=C/c1cc([N+](=O)[O-])ccc1O. The number of carbonyl (C=O) groups is 2. The van der Waals surface area contributed by atoms with E-state index in [0.29, 0.717) is 16.3 Å². The number of phenols is 1. The van der Waals surface area contributed by atoms with Gasteiger partial charge in [-0.2, -0.15) is 5.10 Å². The highest BCUT2D eigenvalue weighted by molar-refractivity contribution is 6.40. The van der Waals surface area contributed by atoms with Crippen LogP contribution < -0.4 is 10.7 Å². The molecule has 0 bridgehead atoms. The molecule has 3 N–H and O–H groups in total. The van der Waals surface area contributed by atoms with Crippen molar-refractivity contribution in [1.82, 2.24) is 5.43 Å². The molecule has 0 aliphatic rings. The Hall–Kier alpha value is -3.46. The molecule has 0 fully saturated rings. The number of nitrogens with one attached hydrogen (secondary N) is 2. The van der Waals surface area contributed by atoms with Gasteiger partial charge in [-0.1, -0.05) is 17.7 Å². The number of nitrogens with zero attached hydrogens (tertiary/aromatic N) is 2. The van der Waals surface area contributed by atoms with Gasteiger partial charge in [0.25, 0.3) is 5.69 Å². The number of nitro benzene ring substituents is 1. The van der Waals surface area contributed by atoms with Crippen molar-refractivity contribution in [3.8, 4) is 5.75 Å². The molecule has 134 valence electrons. The normalized spacial score (nSPS) is 10.5. The molecule has 0 saturated carbocycles. The van der Waals surface area contributed by atoms with Gasteiger partial charge in [-0.15, -0.1) is 0 Å². The highest BCUT2D eigenvalue weighted by atomic mass is 35.5. The quantitative estimate of drug-likeness (QED) is 0.326. The maximum atomic E-state index is 11.8. The summed E-state index contributed by atoms with van der Waals surface area (Å²) in [6.07, 6.45) is 0.984. The third kappa shape index (κ3) is 4.54. The van der Waals surface area contributed by atoms with Gasteiger partial charge in [0, 0.05) is 28.4 Å². The van der Waals surface area contributed by atoms with Gasteiger partial charge in [-0.25, -0.2) is 5.43 Å². The lowest BCUT2D eigenvalue weighted by molar-refractivity contribution is -0.384. The summed E-state index contributed by atoms with van der Waals surface area (Å²) >= 11 is 5.93. The summed E-state index contributed by atoms with van der Waals surface area (Å²) in [5, 5.41) is 26.7. The number of hydrogen-bond acceptors (Lipinski definition) is 6. The molecule has 0 aromatic heterocycles.